The number of pyridine rings is 1. The molecule has 0 bridgehead atoms. The molecule has 0 saturated heterocycles. The van der Waals surface area contributed by atoms with Gasteiger partial charge in [-0.1, -0.05) is 0 Å². The molecule has 0 atom stereocenters. The van der Waals surface area contributed by atoms with Crippen LogP contribution in [0.25, 0.3) is 11.0 Å². The summed E-state index contributed by atoms with van der Waals surface area (Å²) in [5.41, 5.74) is 7.06. The van der Waals surface area contributed by atoms with E-state index in [9.17, 15) is 8.78 Å². The van der Waals surface area contributed by atoms with Crippen molar-refractivity contribution in [2.24, 2.45) is 0 Å². The minimum atomic E-state index is -0.934. The van der Waals surface area contributed by atoms with Crippen molar-refractivity contribution in [1.82, 2.24) is 14.5 Å². The quantitative estimate of drug-likeness (QED) is 0.769. The number of nitrogen functional groups attached to an aromatic ring is 1. The number of hydrogen-bond donors (Lipinski definition) is 1. The lowest BCUT2D eigenvalue weighted by Crippen LogP contribution is -2.06. The van der Waals surface area contributed by atoms with Crippen LogP contribution in [0, 0.1) is 11.6 Å². The van der Waals surface area contributed by atoms with E-state index in [0.717, 1.165) is 11.6 Å². The van der Waals surface area contributed by atoms with Gasteiger partial charge in [0.2, 0.25) is 5.95 Å². The summed E-state index contributed by atoms with van der Waals surface area (Å²) in [6.45, 7) is 0.311. The lowest BCUT2D eigenvalue weighted by molar-refractivity contribution is 0.512. The molecule has 1 aromatic carbocycles. The van der Waals surface area contributed by atoms with Crippen LogP contribution in [-0.4, -0.2) is 14.5 Å². The van der Waals surface area contributed by atoms with Gasteiger partial charge in [-0.25, -0.2) is 13.8 Å². The molecule has 19 heavy (non-hydrogen) atoms. The van der Waals surface area contributed by atoms with Crippen LogP contribution in [0.4, 0.5) is 14.7 Å². The van der Waals surface area contributed by atoms with Gasteiger partial charge in [-0.3, -0.25) is 4.98 Å². The second kappa shape index (κ2) is 4.31. The molecule has 0 radical (unpaired) electrons. The minimum Gasteiger partial charge on any atom is -0.369 e. The number of halogens is 2. The summed E-state index contributed by atoms with van der Waals surface area (Å²) in [5.74, 6) is -1.70. The first-order chi connectivity index (χ1) is 9.16. The molecule has 0 fully saturated rings. The van der Waals surface area contributed by atoms with E-state index in [4.69, 9.17) is 5.73 Å². The van der Waals surface area contributed by atoms with E-state index >= 15 is 0 Å². The van der Waals surface area contributed by atoms with Gasteiger partial charge in [0.1, 0.15) is 5.52 Å². The maximum absolute atomic E-state index is 13.9. The molecule has 2 aromatic heterocycles. The Hall–Kier alpha value is -2.50. The summed E-state index contributed by atoms with van der Waals surface area (Å²) < 4.78 is 28.6. The van der Waals surface area contributed by atoms with E-state index in [1.807, 2.05) is 0 Å². The highest BCUT2D eigenvalue weighted by Gasteiger charge is 2.16. The molecule has 3 rings (SSSR count). The van der Waals surface area contributed by atoms with Crippen LogP contribution in [0.3, 0.4) is 0 Å². The van der Waals surface area contributed by atoms with Crippen LogP contribution in [0.2, 0.25) is 0 Å². The monoisotopic (exact) mass is 260 g/mol. The first-order valence-corrected chi connectivity index (χ1v) is 5.65. The van der Waals surface area contributed by atoms with Crippen LogP contribution in [0.1, 0.15) is 5.56 Å². The van der Waals surface area contributed by atoms with Crippen LogP contribution >= 0.6 is 0 Å². The highest BCUT2D eigenvalue weighted by molar-refractivity contribution is 5.79. The van der Waals surface area contributed by atoms with Crippen LogP contribution < -0.4 is 5.73 Å². The largest absolute Gasteiger partial charge is 0.369 e. The second-order valence-electron chi connectivity index (χ2n) is 4.14. The molecule has 96 valence electrons. The van der Waals surface area contributed by atoms with E-state index in [1.54, 1.807) is 24.5 Å². The lowest BCUT2D eigenvalue weighted by atomic mass is 10.2. The number of nitrogens with two attached hydrogens (primary N) is 1. The van der Waals surface area contributed by atoms with E-state index in [0.29, 0.717) is 12.1 Å². The van der Waals surface area contributed by atoms with Crippen molar-refractivity contribution in [1.29, 1.82) is 0 Å². The summed E-state index contributed by atoms with van der Waals surface area (Å²) >= 11 is 0. The van der Waals surface area contributed by atoms with Gasteiger partial charge in [-0.2, -0.15) is 0 Å². The lowest BCUT2D eigenvalue weighted by Gasteiger charge is -2.07. The van der Waals surface area contributed by atoms with E-state index in [2.05, 4.69) is 9.97 Å². The Morgan fingerprint density at radius 1 is 1.11 bits per heavy atom. The molecule has 0 aliphatic rings. The first-order valence-electron chi connectivity index (χ1n) is 5.65. The maximum atomic E-state index is 13.9. The van der Waals surface area contributed by atoms with Crippen molar-refractivity contribution >= 4 is 17.0 Å². The highest BCUT2D eigenvalue weighted by Crippen LogP contribution is 2.23. The third-order valence-corrected chi connectivity index (χ3v) is 2.92. The van der Waals surface area contributed by atoms with Crippen LogP contribution in [0.5, 0.6) is 0 Å². The Morgan fingerprint density at radius 2 is 1.84 bits per heavy atom. The fraction of sp³-hybridized carbons (Fsp3) is 0.0769. The number of imidazole rings is 1. The number of rotatable bonds is 2. The summed E-state index contributed by atoms with van der Waals surface area (Å²) in [6, 6.07) is 6.01. The van der Waals surface area contributed by atoms with Crippen LogP contribution in [-0.2, 0) is 6.54 Å². The fourth-order valence-electron chi connectivity index (χ4n) is 2.01. The average Bonchev–Trinajstić information content (AvgIpc) is 2.73. The molecule has 3 aromatic rings. The minimum absolute atomic E-state index is 0.0781. The molecule has 2 N–H and O–H groups in total. The highest BCUT2D eigenvalue weighted by atomic mass is 19.2. The summed E-state index contributed by atoms with van der Waals surface area (Å²) in [5, 5.41) is 0. The van der Waals surface area contributed by atoms with Gasteiger partial charge in [-0.05, 0) is 29.8 Å². The van der Waals surface area contributed by atoms with Gasteiger partial charge in [-0.15, -0.1) is 0 Å². The normalized spacial score (nSPS) is 11.1. The molecule has 0 aliphatic carbocycles. The van der Waals surface area contributed by atoms with Crippen LogP contribution in [0.15, 0.2) is 36.7 Å². The van der Waals surface area contributed by atoms with Crippen molar-refractivity contribution in [3.05, 3.63) is 53.9 Å². The maximum Gasteiger partial charge on any atom is 0.201 e. The average molecular weight is 260 g/mol. The van der Waals surface area contributed by atoms with Gasteiger partial charge < -0.3 is 10.3 Å². The zero-order valence-electron chi connectivity index (χ0n) is 9.85. The van der Waals surface area contributed by atoms with E-state index in [1.165, 1.54) is 10.6 Å². The Morgan fingerprint density at radius 3 is 2.58 bits per heavy atom. The predicted molar refractivity (Wildman–Crippen MR) is 67.4 cm³/mol. The molecular formula is C13H10F2N4. The third kappa shape index (κ3) is 1.91. The molecule has 0 aliphatic heterocycles. The SMILES string of the molecule is Nc1nc2ccc(F)c(F)c2n1Cc1ccncc1. The number of hydrogen-bond acceptors (Lipinski definition) is 3. The molecule has 4 nitrogen and oxygen atoms in total. The molecular weight excluding hydrogens is 250 g/mol. The van der Waals surface area contributed by atoms with Crippen molar-refractivity contribution < 1.29 is 8.78 Å². The van der Waals surface area contributed by atoms with Crippen molar-refractivity contribution in [2.75, 3.05) is 5.73 Å². The van der Waals surface area contributed by atoms with E-state index < -0.39 is 11.6 Å². The molecule has 0 spiro atoms. The fourth-order valence-corrected chi connectivity index (χ4v) is 2.01. The number of aromatic nitrogens is 3. The standard InChI is InChI=1S/C13H10F2N4/c14-9-1-2-10-12(11(9)15)19(13(16)18-10)7-8-3-5-17-6-4-8/h1-6H,7H2,(H2,16,18). The van der Waals surface area contributed by atoms with Gasteiger partial charge in [0, 0.05) is 12.4 Å². The number of nitrogens with zero attached hydrogens (tertiary/aromatic N) is 3. The number of anilines is 1. The predicted octanol–water partition coefficient (Wildman–Crippen LogP) is 2.34. The Labute approximate surface area is 107 Å². The summed E-state index contributed by atoms with van der Waals surface area (Å²) in [7, 11) is 0. The molecule has 6 heteroatoms. The molecule has 0 saturated carbocycles. The molecule has 2 heterocycles. The number of fused-ring (bicyclic) bond motifs is 1. The van der Waals surface area contributed by atoms with E-state index in [-0.39, 0.29) is 11.5 Å². The Bertz CT molecular complexity index is 737. The summed E-state index contributed by atoms with van der Waals surface area (Å²) in [4.78, 5) is 7.93. The van der Waals surface area contributed by atoms with Gasteiger partial charge in [0.15, 0.2) is 11.6 Å². The Balaban J connectivity index is 2.18. The van der Waals surface area contributed by atoms with Crippen molar-refractivity contribution in [2.45, 2.75) is 6.54 Å². The second-order valence-corrected chi connectivity index (χ2v) is 4.14. The molecule has 0 unspecified atom stereocenters. The third-order valence-electron chi connectivity index (χ3n) is 2.92. The van der Waals surface area contributed by atoms with Gasteiger partial charge >= 0.3 is 0 Å². The number of benzene rings is 1. The van der Waals surface area contributed by atoms with Gasteiger partial charge in [0.25, 0.3) is 0 Å². The summed E-state index contributed by atoms with van der Waals surface area (Å²) in [6.07, 6.45) is 3.25. The topological polar surface area (TPSA) is 56.7 Å². The van der Waals surface area contributed by atoms with Crippen molar-refractivity contribution in [3.63, 3.8) is 0 Å². The van der Waals surface area contributed by atoms with Crippen molar-refractivity contribution in [3.8, 4) is 0 Å². The first kappa shape index (κ1) is 11.6. The zero-order chi connectivity index (χ0) is 13.4. The molecule has 0 amide bonds. The Kier molecular flexibility index (Phi) is 2.63. The smallest absolute Gasteiger partial charge is 0.201 e. The van der Waals surface area contributed by atoms with Gasteiger partial charge in [0.05, 0.1) is 12.1 Å². The zero-order valence-corrected chi connectivity index (χ0v) is 9.85.